The van der Waals surface area contributed by atoms with E-state index in [1.807, 2.05) is 0 Å². The first kappa shape index (κ1) is 22.6. The van der Waals surface area contributed by atoms with Crippen molar-refractivity contribution in [3.05, 3.63) is 55.0 Å². The van der Waals surface area contributed by atoms with E-state index in [0.29, 0.717) is 10.9 Å². The Hall–Kier alpha value is -2.06. The predicted molar refractivity (Wildman–Crippen MR) is 111 cm³/mol. The standard InChI is InChI=1S/C16H11BrF4N4O3S2/c1-24-11(16(19,20)21)6-12(26)25(15(24)28)10-5-9(7(17)4-8(10)18)23-13(27)30-14-22-2-3-29-14/h4-6H,2-3H2,1H3,(H,23,27). The van der Waals surface area contributed by atoms with Gasteiger partial charge >= 0.3 is 11.9 Å². The van der Waals surface area contributed by atoms with Crippen LogP contribution in [0.1, 0.15) is 5.69 Å². The van der Waals surface area contributed by atoms with Crippen molar-refractivity contribution >= 4 is 54.8 Å². The number of benzene rings is 1. The number of hydrogen-bond donors (Lipinski definition) is 1. The van der Waals surface area contributed by atoms with Gasteiger partial charge in [0.05, 0.1) is 17.9 Å². The molecule has 1 aliphatic rings. The highest BCUT2D eigenvalue weighted by atomic mass is 79.9. The van der Waals surface area contributed by atoms with Crippen LogP contribution in [0.3, 0.4) is 0 Å². The third kappa shape index (κ3) is 4.64. The van der Waals surface area contributed by atoms with Gasteiger partial charge in [-0.15, -0.1) is 0 Å². The third-order valence-corrected chi connectivity index (χ3v) is 6.48. The van der Waals surface area contributed by atoms with Crippen molar-refractivity contribution in [1.29, 1.82) is 0 Å². The summed E-state index contributed by atoms with van der Waals surface area (Å²) in [5.74, 6) is -0.303. The van der Waals surface area contributed by atoms with Gasteiger partial charge in [0.15, 0.2) is 0 Å². The van der Waals surface area contributed by atoms with Crippen LogP contribution in [0.4, 0.5) is 28.0 Å². The molecular weight excluding hydrogens is 516 g/mol. The molecular formula is C16H11BrF4N4O3S2. The first-order chi connectivity index (χ1) is 14.0. The smallest absolute Gasteiger partial charge is 0.315 e. The van der Waals surface area contributed by atoms with E-state index in [1.165, 1.54) is 11.8 Å². The largest absolute Gasteiger partial charge is 0.431 e. The van der Waals surface area contributed by atoms with Crippen molar-refractivity contribution in [1.82, 2.24) is 9.13 Å². The lowest BCUT2D eigenvalue weighted by atomic mass is 10.2. The number of hydrogen-bond acceptors (Lipinski definition) is 6. The lowest BCUT2D eigenvalue weighted by Gasteiger charge is -2.15. The zero-order valence-corrected chi connectivity index (χ0v) is 18.1. The number of halogens is 5. The molecule has 1 aliphatic heterocycles. The van der Waals surface area contributed by atoms with E-state index in [2.05, 4.69) is 26.2 Å². The Morgan fingerprint density at radius 3 is 2.60 bits per heavy atom. The van der Waals surface area contributed by atoms with Crippen LogP contribution < -0.4 is 16.6 Å². The number of aromatic nitrogens is 2. The molecule has 1 amide bonds. The van der Waals surface area contributed by atoms with Crippen LogP contribution >= 0.6 is 39.5 Å². The molecule has 1 aromatic heterocycles. The Bertz CT molecular complexity index is 1180. The number of rotatable bonds is 2. The molecule has 0 bridgehead atoms. The average molecular weight is 527 g/mol. The maximum absolute atomic E-state index is 14.5. The molecule has 0 aliphatic carbocycles. The number of carbonyl (C=O) groups is 1. The fourth-order valence-corrected chi connectivity index (χ4v) is 4.66. The van der Waals surface area contributed by atoms with Gasteiger partial charge in [0.2, 0.25) is 0 Å². The molecule has 14 heteroatoms. The van der Waals surface area contributed by atoms with E-state index in [9.17, 15) is 31.9 Å². The van der Waals surface area contributed by atoms with Gasteiger partial charge < -0.3 is 5.32 Å². The van der Waals surface area contributed by atoms with Crippen LogP contribution in [-0.4, -0.2) is 31.0 Å². The number of anilines is 1. The van der Waals surface area contributed by atoms with Gasteiger partial charge in [-0.2, -0.15) is 13.2 Å². The highest BCUT2D eigenvalue weighted by Crippen LogP contribution is 2.31. The summed E-state index contributed by atoms with van der Waals surface area (Å²) in [6, 6.07) is 2.07. The van der Waals surface area contributed by atoms with Crippen molar-refractivity contribution in [2.75, 3.05) is 17.6 Å². The number of carbonyl (C=O) groups excluding carboxylic acids is 1. The lowest BCUT2D eigenvalue weighted by Crippen LogP contribution is -2.41. The van der Waals surface area contributed by atoms with Crippen molar-refractivity contribution in [3.8, 4) is 5.69 Å². The first-order valence-electron chi connectivity index (χ1n) is 8.05. The van der Waals surface area contributed by atoms with Crippen molar-refractivity contribution in [2.45, 2.75) is 6.18 Å². The van der Waals surface area contributed by atoms with E-state index in [0.717, 1.165) is 36.7 Å². The van der Waals surface area contributed by atoms with Gasteiger partial charge in [-0.05, 0) is 39.8 Å². The summed E-state index contributed by atoms with van der Waals surface area (Å²) in [7, 11) is 0.817. The maximum Gasteiger partial charge on any atom is 0.431 e. The summed E-state index contributed by atoms with van der Waals surface area (Å²) < 4.78 is 54.6. The second-order valence-corrected chi connectivity index (χ2v) is 8.99. The van der Waals surface area contributed by atoms with Gasteiger partial charge in [0.1, 0.15) is 15.9 Å². The van der Waals surface area contributed by atoms with Gasteiger partial charge in [-0.25, -0.2) is 13.8 Å². The van der Waals surface area contributed by atoms with Gasteiger partial charge in [0, 0.05) is 23.3 Å². The molecule has 160 valence electrons. The van der Waals surface area contributed by atoms with Crippen LogP contribution in [0.25, 0.3) is 5.69 Å². The normalized spacial score (nSPS) is 14.0. The van der Waals surface area contributed by atoms with E-state index >= 15 is 0 Å². The van der Waals surface area contributed by atoms with Crippen molar-refractivity contribution in [2.24, 2.45) is 12.0 Å². The summed E-state index contributed by atoms with van der Waals surface area (Å²) in [6.45, 7) is 0.588. The molecule has 1 N–H and O–H groups in total. The number of nitrogens with one attached hydrogen (secondary N) is 1. The lowest BCUT2D eigenvalue weighted by molar-refractivity contribution is -0.144. The Labute approximate surface area is 182 Å². The van der Waals surface area contributed by atoms with Crippen LogP contribution in [0.5, 0.6) is 0 Å². The minimum Gasteiger partial charge on any atom is -0.315 e. The van der Waals surface area contributed by atoms with E-state index in [4.69, 9.17) is 0 Å². The molecule has 0 saturated heterocycles. The molecule has 1 aromatic carbocycles. The summed E-state index contributed by atoms with van der Waals surface area (Å²) >= 11 is 5.28. The number of alkyl halides is 3. The number of nitrogens with zero attached hydrogens (tertiary/aromatic N) is 3. The topological polar surface area (TPSA) is 85.5 Å². The average Bonchev–Trinajstić information content (AvgIpc) is 3.13. The molecule has 0 spiro atoms. The molecule has 0 fully saturated rings. The van der Waals surface area contributed by atoms with Gasteiger partial charge in [-0.3, -0.25) is 19.1 Å². The molecule has 7 nitrogen and oxygen atoms in total. The Morgan fingerprint density at radius 2 is 2.00 bits per heavy atom. The summed E-state index contributed by atoms with van der Waals surface area (Å²) in [5, 5.41) is 1.93. The molecule has 0 atom stereocenters. The maximum atomic E-state index is 14.5. The van der Waals surface area contributed by atoms with Gasteiger partial charge in [0.25, 0.3) is 10.8 Å². The number of amides is 1. The van der Waals surface area contributed by atoms with Crippen molar-refractivity contribution < 1.29 is 22.4 Å². The minimum atomic E-state index is -4.94. The summed E-state index contributed by atoms with van der Waals surface area (Å²) in [5.41, 5.74) is -4.81. The quantitative estimate of drug-likeness (QED) is 0.601. The molecule has 0 saturated carbocycles. The molecule has 2 aromatic rings. The number of aliphatic imine (C=N–C) groups is 1. The predicted octanol–water partition coefficient (Wildman–Crippen LogP) is 3.82. The second kappa shape index (κ2) is 8.59. The van der Waals surface area contributed by atoms with Crippen LogP contribution in [0, 0.1) is 5.82 Å². The molecule has 0 radical (unpaired) electrons. The molecule has 0 unspecified atom stereocenters. The van der Waals surface area contributed by atoms with Crippen LogP contribution in [0.2, 0.25) is 0 Å². The van der Waals surface area contributed by atoms with E-state index in [-0.39, 0.29) is 25.4 Å². The fraction of sp³-hybridized carbons (Fsp3) is 0.250. The van der Waals surface area contributed by atoms with E-state index < -0.39 is 39.9 Å². The Kier molecular flexibility index (Phi) is 6.48. The zero-order chi connectivity index (χ0) is 22.2. The third-order valence-electron chi connectivity index (χ3n) is 3.86. The highest BCUT2D eigenvalue weighted by Gasteiger charge is 2.35. The first-order valence-corrected chi connectivity index (χ1v) is 10.6. The van der Waals surface area contributed by atoms with Crippen LogP contribution in [-0.2, 0) is 13.2 Å². The van der Waals surface area contributed by atoms with Crippen LogP contribution in [0.15, 0.2) is 37.3 Å². The zero-order valence-electron chi connectivity index (χ0n) is 14.9. The summed E-state index contributed by atoms with van der Waals surface area (Å²) in [6.07, 6.45) is -4.94. The monoisotopic (exact) mass is 526 g/mol. The molecule has 30 heavy (non-hydrogen) atoms. The minimum absolute atomic E-state index is 0.0151. The Morgan fingerprint density at radius 1 is 1.30 bits per heavy atom. The van der Waals surface area contributed by atoms with Gasteiger partial charge in [-0.1, -0.05) is 11.8 Å². The number of thioether (sulfide) groups is 2. The Balaban J connectivity index is 2.04. The second-order valence-electron chi connectivity index (χ2n) is 5.84. The highest BCUT2D eigenvalue weighted by molar-refractivity contribution is 9.10. The SMILES string of the molecule is Cn1c(C(F)(F)F)cc(=O)n(-c2cc(NC(=O)SC3=NCCS3)c(Br)cc2F)c1=O. The molecule has 3 rings (SSSR count). The summed E-state index contributed by atoms with van der Waals surface area (Å²) in [4.78, 5) is 40.9. The molecule has 2 heterocycles. The fourth-order valence-electron chi connectivity index (χ4n) is 2.52. The van der Waals surface area contributed by atoms with E-state index in [1.54, 1.807) is 0 Å². The van der Waals surface area contributed by atoms with Crippen molar-refractivity contribution in [3.63, 3.8) is 0 Å².